The van der Waals surface area contributed by atoms with Crippen LogP contribution in [0.15, 0.2) is 27.6 Å². The van der Waals surface area contributed by atoms with Crippen molar-refractivity contribution in [1.82, 2.24) is 0 Å². The number of aromatic hydroxyl groups is 2. The van der Waals surface area contributed by atoms with E-state index in [-0.39, 0.29) is 53.7 Å². The lowest BCUT2D eigenvalue weighted by Crippen LogP contribution is -2.06. The van der Waals surface area contributed by atoms with Gasteiger partial charge in [-0.15, -0.1) is 0 Å². The first-order chi connectivity index (χ1) is 11.8. The van der Waals surface area contributed by atoms with Gasteiger partial charge in [-0.25, -0.2) is 0 Å². The minimum atomic E-state index is -0.608. The Balaban J connectivity index is 2.40. The Morgan fingerprint density at radius 2 is 1.60 bits per heavy atom. The van der Waals surface area contributed by atoms with E-state index >= 15 is 0 Å². The SMILES string of the molecule is COc1c(Cl)c(O)c2c(=O)c(-c3cc(Cl)c(O)c(Cl)c3)coc2c1Cl. The molecule has 0 fully saturated rings. The van der Waals surface area contributed by atoms with Crippen LogP contribution in [0.3, 0.4) is 0 Å². The average Bonchev–Trinajstić information content (AvgIpc) is 2.57. The number of phenols is 2. The van der Waals surface area contributed by atoms with E-state index in [0.717, 1.165) is 6.26 Å². The van der Waals surface area contributed by atoms with Gasteiger partial charge in [-0.2, -0.15) is 0 Å². The number of phenolic OH excluding ortho intramolecular Hbond substituents is 2. The van der Waals surface area contributed by atoms with Gasteiger partial charge < -0.3 is 19.4 Å². The topological polar surface area (TPSA) is 79.9 Å². The summed E-state index contributed by atoms with van der Waals surface area (Å²) < 4.78 is 10.4. The molecule has 5 nitrogen and oxygen atoms in total. The lowest BCUT2D eigenvalue weighted by Gasteiger charge is -2.11. The van der Waals surface area contributed by atoms with Gasteiger partial charge in [0.1, 0.15) is 21.7 Å². The monoisotopic (exact) mass is 420 g/mol. The lowest BCUT2D eigenvalue weighted by atomic mass is 10.0. The maximum Gasteiger partial charge on any atom is 0.204 e. The van der Waals surface area contributed by atoms with Crippen molar-refractivity contribution in [3.8, 4) is 28.4 Å². The van der Waals surface area contributed by atoms with Crippen molar-refractivity contribution in [2.45, 2.75) is 0 Å². The molecule has 9 heteroatoms. The molecular formula is C16H8Cl4O5. The second-order valence-electron chi connectivity index (χ2n) is 4.98. The van der Waals surface area contributed by atoms with E-state index in [1.54, 1.807) is 0 Å². The van der Waals surface area contributed by atoms with Crippen LogP contribution in [0.5, 0.6) is 17.2 Å². The van der Waals surface area contributed by atoms with Crippen LogP contribution in [0, 0.1) is 0 Å². The third kappa shape index (κ3) is 2.77. The summed E-state index contributed by atoms with van der Waals surface area (Å²) >= 11 is 23.9. The highest BCUT2D eigenvalue weighted by atomic mass is 35.5. The Morgan fingerprint density at radius 3 is 2.16 bits per heavy atom. The van der Waals surface area contributed by atoms with E-state index < -0.39 is 11.2 Å². The molecule has 2 N–H and O–H groups in total. The molecule has 3 rings (SSSR count). The quantitative estimate of drug-likeness (QED) is 0.571. The zero-order chi connectivity index (χ0) is 18.5. The third-order valence-corrected chi connectivity index (χ3v) is 4.84. The molecule has 2 aromatic carbocycles. The van der Waals surface area contributed by atoms with Crippen molar-refractivity contribution in [2.24, 2.45) is 0 Å². The van der Waals surface area contributed by atoms with Gasteiger partial charge in [0, 0.05) is 0 Å². The van der Waals surface area contributed by atoms with Gasteiger partial charge in [0.2, 0.25) is 5.43 Å². The molecule has 1 aromatic heterocycles. The number of hydrogen-bond acceptors (Lipinski definition) is 5. The number of ether oxygens (including phenoxy) is 1. The van der Waals surface area contributed by atoms with E-state index in [1.165, 1.54) is 19.2 Å². The van der Waals surface area contributed by atoms with Crippen LogP contribution in [-0.2, 0) is 0 Å². The van der Waals surface area contributed by atoms with E-state index in [1.807, 2.05) is 0 Å². The Hall–Kier alpha value is -1.79. The van der Waals surface area contributed by atoms with Gasteiger partial charge in [-0.05, 0) is 17.7 Å². The number of fused-ring (bicyclic) bond motifs is 1. The van der Waals surface area contributed by atoms with E-state index in [0.29, 0.717) is 0 Å². The van der Waals surface area contributed by atoms with Crippen LogP contribution in [0.2, 0.25) is 20.1 Å². The normalized spacial score (nSPS) is 11.1. The molecule has 0 aliphatic heterocycles. The molecule has 0 atom stereocenters. The molecule has 25 heavy (non-hydrogen) atoms. The number of benzene rings is 2. The molecule has 0 aliphatic carbocycles. The Kier molecular flexibility index (Phi) is 4.68. The first-order valence-electron chi connectivity index (χ1n) is 6.65. The maximum atomic E-state index is 12.8. The summed E-state index contributed by atoms with van der Waals surface area (Å²) in [5, 5.41) is 19.3. The number of halogens is 4. The summed E-state index contributed by atoms with van der Waals surface area (Å²) in [7, 11) is 1.31. The zero-order valence-electron chi connectivity index (χ0n) is 12.4. The Labute approximate surface area is 160 Å². The summed E-state index contributed by atoms with van der Waals surface area (Å²) in [4.78, 5) is 12.8. The van der Waals surface area contributed by atoms with Gasteiger partial charge in [0.15, 0.2) is 22.8 Å². The fraction of sp³-hybridized carbons (Fsp3) is 0.0625. The maximum absolute atomic E-state index is 12.8. The van der Waals surface area contributed by atoms with Crippen molar-refractivity contribution >= 4 is 57.4 Å². The number of methoxy groups -OCH3 is 1. The smallest absolute Gasteiger partial charge is 0.204 e. The van der Waals surface area contributed by atoms with Crippen molar-refractivity contribution in [3.05, 3.63) is 48.7 Å². The highest BCUT2D eigenvalue weighted by Gasteiger charge is 2.23. The van der Waals surface area contributed by atoms with E-state index in [2.05, 4.69) is 0 Å². The molecule has 0 bridgehead atoms. The highest BCUT2D eigenvalue weighted by molar-refractivity contribution is 6.42. The summed E-state index contributed by atoms with van der Waals surface area (Å²) in [6.45, 7) is 0. The minimum Gasteiger partial charge on any atom is -0.505 e. The van der Waals surface area contributed by atoms with Gasteiger partial charge in [0.05, 0.1) is 22.7 Å². The molecule has 0 saturated carbocycles. The van der Waals surface area contributed by atoms with Crippen LogP contribution in [0.4, 0.5) is 0 Å². The summed E-state index contributed by atoms with van der Waals surface area (Å²) in [6, 6.07) is 2.68. The van der Waals surface area contributed by atoms with Crippen LogP contribution < -0.4 is 10.2 Å². The molecule has 0 radical (unpaired) electrons. The van der Waals surface area contributed by atoms with Crippen LogP contribution >= 0.6 is 46.4 Å². The van der Waals surface area contributed by atoms with Crippen LogP contribution in [0.1, 0.15) is 0 Å². The molecule has 0 spiro atoms. The zero-order valence-corrected chi connectivity index (χ0v) is 15.4. The summed E-state index contributed by atoms with van der Waals surface area (Å²) in [6.07, 6.45) is 1.14. The second kappa shape index (κ2) is 6.50. The van der Waals surface area contributed by atoms with E-state index in [4.69, 9.17) is 55.6 Å². The molecule has 0 unspecified atom stereocenters. The molecule has 0 saturated heterocycles. The molecule has 0 amide bonds. The van der Waals surface area contributed by atoms with Gasteiger partial charge in [-0.3, -0.25) is 4.79 Å². The average molecular weight is 422 g/mol. The predicted molar refractivity (Wildman–Crippen MR) is 97.8 cm³/mol. The number of hydrogen-bond donors (Lipinski definition) is 2. The van der Waals surface area contributed by atoms with Crippen molar-refractivity contribution in [3.63, 3.8) is 0 Å². The van der Waals surface area contributed by atoms with Crippen LogP contribution in [0.25, 0.3) is 22.1 Å². The highest BCUT2D eigenvalue weighted by Crippen LogP contribution is 2.45. The van der Waals surface area contributed by atoms with Gasteiger partial charge >= 0.3 is 0 Å². The third-order valence-electron chi connectivity index (χ3n) is 3.57. The fourth-order valence-corrected chi connectivity index (χ4v) is 3.47. The van der Waals surface area contributed by atoms with Crippen molar-refractivity contribution in [1.29, 1.82) is 0 Å². The molecule has 1 heterocycles. The first-order valence-corrected chi connectivity index (χ1v) is 8.16. The fourth-order valence-electron chi connectivity index (χ4n) is 2.36. The number of rotatable bonds is 2. The Morgan fingerprint density at radius 1 is 1.00 bits per heavy atom. The molecular weight excluding hydrogens is 414 g/mol. The predicted octanol–water partition coefficient (Wildman–Crippen LogP) is 5.49. The van der Waals surface area contributed by atoms with Gasteiger partial charge in [-0.1, -0.05) is 46.4 Å². The van der Waals surface area contributed by atoms with Gasteiger partial charge in [0.25, 0.3) is 0 Å². The second-order valence-corrected chi connectivity index (χ2v) is 6.55. The Bertz CT molecular complexity index is 1050. The minimum absolute atomic E-state index is 0.0139. The first kappa shape index (κ1) is 18.0. The largest absolute Gasteiger partial charge is 0.505 e. The standard InChI is InChI=1S/C16H8Cl4O5/c1-24-16-10(19)14(23)9-12(21)6(4-25-15(9)11(16)20)5-2-7(17)13(22)8(18)3-5/h2-4,22-23H,1H3. The molecule has 0 aliphatic rings. The van der Waals surface area contributed by atoms with Crippen molar-refractivity contribution in [2.75, 3.05) is 7.11 Å². The molecule has 130 valence electrons. The van der Waals surface area contributed by atoms with E-state index in [9.17, 15) is 15.0 Å². The molecule has 3 aromatic rings. The summed E-state index contributed by atoms with van der Waals surface area (Å²) in [5.41, 5.74) is -0.358. The summed E-state index contributed by atoms with van der Waals surface area (Å²) in [5.74, 6) is -0.847. The lowest BCUT2D eigenvalue weighted by molar-refractivity contribution is 0.408. The van der Waals surface area contributed by atoms with Crippen molar-refractivity contribution < 1.29 is 19.4 Å². The van der Waals surface area contributed by atoms with Crippen LogP contribution in [-0.4, -0.2) is 17.3 Å².